The number of aromatic nitrogens is 1. The van der Waals surface area contributed by atoms with E-state index in [0.717, 1.165) is 18.7 Å². The zero-order valence-electron chi connectivity index (χ0n) is 17.9. The van der Waals surface area contributed by atoms with E-state index in [9.17, 15) is 22.6 Å². The van der Waals surface area contributed by atoms with E-state index in [2.05, 4.69) is 18.5 Å². The van der Waals surface area contributed by atoms with Crippen LogP contribution in [0, 0.1) is 17.7 Å². The molecule has 2 aliphatic rings. The molecule has 1 aromatic heterocycles. The molecule has 0 unspecified atom stereocenters. The Bertz CT molecular complexity index is 1130. The first-order chi connectivity index (χ1) is 15.2. The zero-order chi connectivity index (χ0) is 23.3. The molecule has 4 atom stereocenters. The minimum absolute atomic E-state index is 0.0499. The van der Waals surface area contributed by atoms with Crippen molar-refractivity contribution in [3.63, 3.8) is 0 Å². The molecule has 0 bridgehead atoms. The number of pyridine rings is 1. The van der Waals surface area contributed by atoms with Crippen molar-refractivity contribution in [2.24, 2.45) is 11.8 Å². The van der Waals surface area contributed by atoms with Crippen LogP contribution >= 0.6 is 0 Å². The molecule has 2 aromatic rings. The molecule has 1 aromatic carbocycles. The molecule has 2 fully saturated rings. The van der Waals surface area contributed by atoms with Gasteiger partial charge in [-0.2, -0.15) is 0 Å². The number of ether oxygens (including phenoxy) is 1. The number of carbonyl (C=O) groups is 1. The van der Waals surface area contributed by atoms with Crippen molar-refractivity contribution in [1.29, 1.82) is 0 Å². The Labute approximate surface area is 182 Å². The number of anilines is 1. The van der Waals surface area contributed by atoms with Crippen molar-refractivity contribution in [1.82, 2.24) is 4.57 Å². The van der Waals surface area contributed by atoms with E-state index in [4.69, 9.17) is 4.74 Å². The number of alkyl halides is 1. The van der Waals surface area contributed by atoms with Gasteiger partial charge in [0, 0.05) is 25.7 Å². The van der Waals surface area contributed by atoms with Crippen LogP contribution in [0.2, 0.25) is 0 Å². The van der Waals surface area contributed by atoms with Crippen molar-refractivity contribution >= 4 is 30.0 Å². The van der Waals surface area contributed by atoms with Crippen LogP contribution in [0.25, 0.3) is 10.9 Å². The minimum atomic E-state index is -3.43. The number of carbonyl (C=O) groups excluding carboxylic acids is 1. The van der Waals surface area contributed by atoms with E-state index >= 15 is 4.39 Å². The summed E-state index contributed by atoms with van der Waals surface area (Å²) in [6.45, 7) is 5.31. The summed E-state index contributed by atoms with van der Waals surface area (Å²) in [7, 11) is -2.11. The number of halogens is 4. The van der Waals surface area contributed by atoms with Gasteiger partial charge in [-0.25, -0.2) is 22.2 Å². The van der Waals surface area contributed by atoms with Crippen LogP contribution in [0.5, 0.6) is 5.75 Å². The molecule has 6 nitrogen and oxygen atoms in total. The Balaban J connectivity index is 1.96. The fourth-order valence-corrected chi connectivity index (χ4v) is 4.67. The van der Waals surface area contributed by atoms with Gasteiger partial charge in [-0.05, 0) is 17.9 Å². The van der Waals surface area contributed by atoms with Gasteiger partial charge in [0.1, 0.15) is 17.4 Å². The first-order valence-electron chi connectivity index (χ1n) is 10.5. The minimum Gasteiger partial charge on any atom is -0.492 e. The van der Waals surface area contributed by atoms with E-state index in [-0.39, 0.29) is 28.8 Å². The Hall–Kier alpha value is -2.72. The summed E-state index contributed by atoms with van der Waals surface area (Å²) >= 11 is 0. The van der Waals surface area contributed by atoms with Gasteiger partial charge in [-0.1, -0.05) is 20.3 Å². The van der Waals surface area contributed by atoms with E-state index in [1.54, 1.807) is 0 Å². The lowest BCUT2D eigenvalue weighted by molar-refractivity contribution is 0.0693. The van der Waals surface area contributed by atoms with E-state index in [0.29, 0.717) is 24.9 Å². The zero-order valence-corrected chi connectivity index (χ0v) is 17.9. The molecule has 32 heavy (non-hydrogen) atoms. The summed E-state index contributed by atoms with van der Waals surface area (Å²) in [6.07, 6.45) is 0.775. The second-order valence-corrected chi connectivity index (χ2v) is 8.45. The fraction of sp³-hybridized carbons (Fsp3) is 0.524. The van der Waals surface area contributed by atoms with Crippen LogP contribution in [-0.2, 0) is 4.65 Å². The van der Waals surface area contributed by atoms with Gasteiger partial charge in [-0.3, -0.25) is 4.79 Å². The SMILES string of the molecule is CC[C@H]1CN(c2c(F)cc3c(=O)c(C(=O)OB(F)F)cn([C@@H]4C[C@@H]4F)c3c2OC)C[C@H]1C. The van der Waals surface area contributed by atoms with Gasteiger partial charge in [0.15, 0.2) is 11.6 Å². The average molecular weight is 454 g/mol. The van der Waals surface area contributed by atoms with Gasteiger partial charge in [0.2, 0.25) is 5.43 Å². The predicted molar refractivity (Wildman–Crippen MR) is 112 cm³/mol. The molecule has 0 spiro atoms. The van der Waals surface area contributed by atoms with E-state index in [1.807, 2.05) is 4.90 Å². The van der Waals surface area contributed by atoms with Crippen molar-refractivity contribution in [3.05, 3.63) is 33.9 Å². The third kappa shape index (κ3) is 3.71. The molecule has 0 N–H and O–H groups in total. The molecule has 1 saturated heterocycles. The molecule has 1 aliphatic carbocycles. The standard InChI is InChI=1S/C21H23BF4N2O4/c1-4-11-8-27(7-10(11)2)18-15(24)5-12-17(20(18)31-3)28(16-6-14(16)23)9-13(19(12)29)21(30)32-22(25)26/h5,9-11,14,16H,4,6-8H2,1-3H3/t10-,11+,14+,16-/m1/s1. The highest BCUT2D eigenvalue weighted by molar-refractivity contribution is 6.38. The van der Waals surface area contributed by atoms with Gasteiger partial charge in [-0.15, -0.1) is 0 Å². The number of benzene rings is 1. The second kappa shape index (κ2) is 8.33. The predicted octanol–water partition coefficient (Wildman–Crippen LogP) is 4.00. The van der Waals surface area contributed by atoms with E-state index < -0.39 is 42.5 Å². The quantitative estimate of drug-likeness (QED) is 0.488. The van der Waals surface area contributed by atoms with Crippen LogP contribution in [0.1, 0.15) is 43.1 Å². The highest BCUT2D eigenvalue weighted by Gasteiger charge is 2.42. The molecular weight excluding hydrogens is 431 g/mol. The van der Waals surface area contributed by atoms with E-state index in [1.165, 1.54) is 11.7 Å². The van der Waals surface area contributed by atoms with Gasteiger partial charge in [0.05, 0.1) is 24.1 Å². The van der Waals surface area contributed by atoms with Crippen molar-refractivity contribution in [2.45, 2.75) is 38.9 Å². The van der Waals surface area contributed by atoms with Crippen LogP contribution in [0.4, 0.5) is 23.1 Å². The Kier molecular flexibility index (Phi) is 5.85. The monoisotopic (exact) mass is 454 g/mol. The van der Waals surface area contributed by atoms with Crippen LogP contribution < -0.4 is 15.1 Å². The molecule has 11 heteroatoms. The maximum atomic E-state index is 15.3. The maximum Gasteiger partial charge on any atom is 0.798 e. The summed E-state index contributed by atoms with van der Waals surface area (Å²) in [5.74, 6) is -1.59. The smallest absolute Gasteiger partial charge is 0.492 e. The molecule has 1 saturated carbocycles. The largest absolute Gasteiger partial charge is 0.798 e. The number of rotatable bonds is 6. The summed E-state index contributed by atoms with van der Waals surface area (Å²) in [4.78, 5) is 26.9. The molecule has 0 radical (unpaired) electrons. The number of nitrogens with zero attached hydrogens (tertiary/aromatic N) is 2. The molecule has 2 heterocycles. The third-order valence-corrected chi connectivity index (χ3v) is 6.47. The summed E-state index contributed by atoms with van der Waals surface area (Å²) in [6, 6.07) is 0.231. The van der Waals surface area contributed by atoms with Crippen molar-refractivity contribution in [2.75, 3.05) is 25.1 Å². The summed E-state index contributed by atoms with van der Waals surface area (Å²) < 4.78 is 65.2. The topological polar surface area (TPSA) is 60.8 Å². The van der Waals surface area contributed by atoms with Crippen LogP contribution in [0.15, 0.2) is 17.1 Å². The van der Waals surface area contributed by atoms with Gasteiger partial charge < -0.3 is 18.9 Å². The Morgan fingerprint density at radius 1 is 1.31 bits per heavy atom. The lowest BCUT2D eigenvalue weighted by Crippen LogP contribution is -2.26. The number of hydrogen-bond acceptors (Lipinski definition) is 5. The first kappa shape index (κ1) is 22.5. The highest BCUT2D eigenvalue weighted by Crippen LogP contribution is 2.46. The average Bonchev–Trinajstić information content (AvgIpc) is 3.34. The van der Waals surface area contributed by atoms with Gasteiger partial charge >= 0.3 is 13.4 Å². The van der Waals surface area contributed by atoms with Gasteiger partial charge in [0.25, 0.3) is 0 Å². The Morgan fingerprint density at radius 3 is 2.53 bits per heavy atom. The molecular formula is C21H23BF4N2O4. The molecule has 1 aliphatic heterocycles. The van der Waals surface area contributed by atoms with Crippen LogP contribution in [0.3, 0.4) is 0 Å². The number of hydrogen-bond donors (Lipinski definition) is 0. The molecule has 0 amide bonds. The number of fused-ring (bicyclic) bond motifs is 1. The maximum absolute atomic E-state index is 15.3. The lowest BCUT2D eigenvalue weighted by Gasteiger charge is -2.25. The highest BCUT2D eigenvalue weighted by atomic mass is 19.2. The fourth-order valence-electron chi connectivity index (χ4n) is 4.67. The van der Waals surface area contributed by atoms with Crippen molar-refractivity contribution in [3.8, 4) is 5.75 Å². The summed E-state index contributed by atoms with van der Waals surface area (Å²) in [5, 5.41) is -0.259. The molecule has 4 rings (SSSR count). The Morgan fingerprint density at radius 2 is 2.00 bits per heavy atom. The van der Waals surface area contributed by atoms with Crippen LogP contribution in [-0.4, -0.2) is 44.4 Å². The normalized spacial score (nSPS) is 24.7. The third-order valence-electron chi connectivity index (χ3n) is 6.47. The first-order valence-corrected chi connectivity index (χ1v) is 10.5. The molecule has 172 valence electrons. The van der Waals surface area contributed by atoms with Crippen molar-refractivity contribution < 1.29 is 31.6 Å². The number of methoxy groups -OCH3 is 1. The lowest BCUT2D eigenvalue weighted by atomic mass is 9.96. The summed E-state index contributed by atoms with van der Waals surface area (Å²) in [5.41, 5.74) is -1.41. The second-order valence-electron chi connectivity index (χ2n) is 8.45.